The molecule has 0 fully saturated rings. The summed E-state index contributed by atoms with van der Waals surface area (Å²) in [5.74, 6) is 1.38. The van der Waals surface area contributed by atoms with Gasteiger partial charge in [-0.1, -0.05) is 35.5 Å². The van der Waals surface area contributed by atoms with Crippen LogP contribution in [0.3, 0.4) is 0 Å². The average Bonchev–Trinajstić information content (AvgIpc) is 3.29. The number of nitrogens with one attached hydrogen (secondary N) is 2. The lowest BCUT2D eigenvalue weighted by Crippen LogP contribution is -2.22. The molecule has 174 valence electrons. The lowest BCUT2D eigenvalue weighted by Gasteiger charge is -2.11. The third-order valence-electron chi connectivity index (χ3n) is 5.21. The van der Waals surface area contributed by atoms with Crippen molar-refractivity contribution in [1.82, 2.24) is 9.97 Å². The first-order valence-electron chi connectivity index (χ1n) is 10.6. The zero-order chi connectivity index (χ0) is 24.1. The number of hydrogen-bond donors (Lipinski definition) is 2. The molecule has 1 aromatic heterocycles. The van der Waals surface area contributed by atoms with E-state index in [0.29, 0.717) is 15.9 Å². The van der Waals surface area contributed by atoms with Gasteiger partial charge in [-0.3, -0.25) is 4.79 Å². The highest BCUT2D eigenvalue weighted by Gasteiger charge is 2.20. The first-order valence-corrected chi connectivity index (χ1v) is 11.8. The number of aromatic amines is 1. The second-order valence-corrected chi connectivity index (χ2v) is 9.19. The van der Waals surface area contributed by atoms with Crippen molar-refractivity contribution < 1.29 is 14.3 Å². The van der Waals surface area contributed by atoms with Gasteiger partial charge >= 0.3 is 0 Å². The molecule has 1 atom stereocenters. The molecule has 8 heteroatoms. The summed E-state index contributed by atoms with van der Waals surface area (Å²) in [5.41, 5.74) is 4.11. The van der Waals surface area contributed by atoms with E-state index in [2.05, 4.69) is 10.3 Å². The molecule has 0 bridgehead atoms. The van der Waals surface area contributed by atoms with E-state index in [1.165, 1.54) is 11.8 Å². The Bertz CT molecular complexity index is 1210. The molecule has 0 aliphatic rings. The molecule has 0 radical (unpaired) electrons. The number of ether oxygens (including phenoxy) is 2. The highest BCUT2D eigenvalue weighted by molar-refractivity contribution is 8.00. The summed E-state index contributed by atoms with van der Waals surface area (Å²) in [7, 11) is 3.27. The summed E-state index contributed by atoms with van der Waals surface area (Å²) >= 11 is 7.52. The molecule has 0 spiro atoms. The van der Waals surface area contributed by atoms with Gasteiger partial charge in [-0.05, 0) is 67.6 Å². The van der Waals surface area contributed by atoms with Crippen LogP contribution in [0.1, 0.15) is 6.92 Å². The van der Waals surface area contributed by atoms with Crippen LogP contribution in [0.4, 0.5) is 5.69 Å². The van der Waals surface area contributed by atoms with E-state index in [1.54, 1.807) is 26.4 Å². The van der Waals surface area contributed by atoms with Crippen molar-refractivity contribution in [2.24, 2.45) is 0 Å². The molecule has 0 aliphatic heterocycles. The number of H-pyrrole nitrogens is 1. The number of methoxy groups -OCH3 is 2. The molecule has 3 aromatic carbocycles. The Labute approximate surface area is 207 Å². The van der Waals surface area contributed by atoms with Gasteiger partial charge in [0.2, 0.25) is 5.91 Å². The van der Waals surface area contributed by atoms with E-state index in [1.807, 2.05) is 67.6 Å². The summed E-state index contributed by atoms with van der Waals surface area (Å²) in [6.45, 7) is 1.83. The lowest BCUT2D eigenvalue weighted by molar-refractivity contribution is -0.115. The maximum atomic E-state index is 12.8. The summed E-state index contributed by atoms with van der Waals surface area (Å²) in [4.78, 5) is 21.0. The fraction of sp³-hybridized carbons (Fsp3) is 0.154. The number of nitrogens with zero attached hydrogens (tertiary/aromatic N) is 1. The number of hydrogen-bond acceptors (Lipinski definition) is 5. The third-order valence-corrected chi connectivity index (χ3v) is 6.53. The maximum Gasteiger partial charge on any atom is 0.237 e. The molecule has 0 saturated heterocycles. The monoisotopic (exact) mass is 493 g/mol. The number of carbonyl (C=O) groups is 1. The van der Waals surface area contributed by atoms with Crippen molar-refractivity contribution in [2.45, 2.75) is 17.3 Å². The van der Waals surface area contributed by atoms with Crippen molar-refractivity contribution in [3.8, 4) is 34.0 Å². The van der Waals surface area contributed by atoms with Crippen molar-refractivity contribution >= 4 is 35.0 Å². The van der Waals surface area contributed by atoms with E-state index < -0.39 is 5.25 Å². The van der Waals surface area contributed by atoms with Crippen LogP contribution in [-0.4, -0.2) is 35.3 Å². The minimum Gasteiger partial charge on any atom is -0.497 e. The molecule has 1 unspecified atom stereocenters. The maximum absolute atomic E-state index is 12.8. The van der Waals surface area contributed by atoms with Crippen LogP contribution < -0.4 is 14.8 Å². The SMILES string of the molecule is COc1ccc(-c2nc(SC(C)C(=O)Nc3ccccc3Cl)[nH]c2-c2ccc(OC)cc2)cc1. The minimum absolute atomic E-state index is 0.161. The van der Waals surface area contributed by atoms with Crippen LogP contribution in [0.15, 0.2) is 78.0 Å². The van der Waals surface area contributed by atoms with Crippen LogP contribution in [-0.2, 0) is 4.79 Å². The Morgan fingerprint density at radius 1 is 0.941 bits per heavy atom. The van der Waals surface area contributed by atoms with Crippen molar-refractivity contribution in [2.75, 3.05) is 19.5 Å². The molecule has 4 aromatic rings. The number of halogens is 1. The quantitative estimate of drug-likeness (QED) is 0.273. The van der Waals surface area contributed by atoms with Gasteiger partial charge in [0.1, 0.15) is 11.5 Å². The molecule has 2 N–H and O–H groups in total. The van der Waals surface area contributed by atoms with Gasteiger partial charge in [-0.15, -0.1) is 0 Å². The zero-order valence-electron chi connectivity index (χ0n) is 19.0. The Balaban J connectivity index is 1.62. The Hall–Kier alpha value is -3.42. The molecular formula is C26H24ClN3O3S. The average molecular weight is 494 g/mol. The van der Waals surface area contributed by atoms with Gasteiger partial charge in [0.05, 0.1) is 41.6 Å². The van der Waals surface area contributed by atoms with E-state index in [0.717, 1.165) is 34.0 Å². The number of thioether (sulfide) groups is 1. The van der Waals surface area contributed by atoms with E-state index >= 15 is 0 Å². The largest absolute Gasteiger partial charge is 0.497 e. The second-order valence-electron chi connectivity index (χ2n) is 7.45. The topological polar surface area (TPSA) is 76.2 Å². The predicted molar refractivity (Wildman–Crippen MR) is 138 cm³/mol. The predicted octanol–water partition coefficient (Wildman–Crippen LogP) is 6.53. The lowest BCUT2D eigenvalue weighted by atomic mass is 10.0. The number of anilines is 1. The molecule has 4 rings (SSSR count). The van der Waals surface area contributed by atoms with Gasteiger partial charge in [-0.25, -0.2) is 4.98 Å². The first-order chi connectivity index (χ1) is 16.5. The van der Waals surface area contributed by atoms with Crippen LogP contribution in [0.25, 0.3) is 22.5 Å². The smallest absolute Gasteiger partial charge is 0.237 e. The highest BCUT2D eigenvalue weighted by Crippen LogP contribution is 2.35. The number of amides is 1. The van der Waals surface area contributed by atoms with E-state index in [-0.39, 0.29) is 5.91 Å². The number of carbonyl (C=O) groups excluding carboxylic acids is 1. The van der Waals surface area contributed by atoms with Crippen LogP contribution >= 0.6 is 23.4 Å². The number of aromatic nitrogens is 2. The highest BCUT2D eigenvalue weighted by atomic mass is 35.5. The summed E-state index contributed by atoms with van der Waals surface area (Å²) in [6.07, 6.45) is 0. The van der Waals surface area contributed by atoms with Crippen molar-refractivity contribution in [3.63, 3.8) is 0 Å². The fourth-order valence-electron chi connectivity index (χ4n) is 3.35. The van der Waals surface area contributed by atoms with Crippen molar-refractivity contribution in [1.29, 1.82) is 0 Å². The van der Waals surface area contributed by atoms with Gasteiger partial charge in [0.15, 0.2) is 5.16 Å². The summed E-state index contributed by atoms with van der Waals surface area (Å²) in [5, 5.41) is 3.60. The molecular weight excluding hydrogens is 470 g/mol. The Morgan fingerprint density at radius 3 is 2.12 bits per heavy atom. The van der Waals surface area contributed by atoms with E-state index in [9.17, 15) is 4.79 Å². The fourth-order valence-corrected chi connectivity index (χ4v) is 4.34. The first kappa shape index (κ1) is 23.7. The van der Waals surface area contributed by atoms with Gasteiger partial charge < -0.3 is 19.8 Å². The molecule has 0 aliphatic carbocycles. The molecule has 34 heavy (non-hydrogen) atoms. The second kappa shape index (κ2) is 10.7. The number of benzene rings is 3. The minimum atomic E-state index is -0.408. The van der Waals surface area contributed by atoms with Gasteiger partial charge in [0, 0.05) is 11.1 Å². The molecule has 0 saturated carbocycles. The van der Waals surface area contributed by atoms with Crippen LogP contribution in [0.5, 0.6) is 11.5 Å². The van der Waals surface area contributed by atoms with Crippen LogP contribution in [0.2, 0.25) is 5.02 Å². The normalized spacial score (nSPS) is 11.6. The standard InChI is InChI=1S/C26H24ClN3O3S/c1-16(25(31)28-22-7-5-4-6-21(22)27)34-26-29-23(17-8-12-19(32-2)13-9-17)24(30-26)18-10-14-20(33-3)15-11-18/h4-16H,1-3H3,(H,28,31)(H,29,30). The number of para-hydroxylation sites is 1. The number of imidazole rings is 1. The molecule has 6 nitrogen and oxygen atoms in total. The van der Waals surface area contributed by atoms with Gasteiger partial charge in [0.25, 0.3) is 0 Å². The number of rotatable bonds is 8. The zero-order valence-corrected chi connectivity index (χ0v) is 20.5. The Morgan fingerprint density at radius 2 is 1.53 bits per heavy atom. The molecule has 1 heterocycles. The van der Waals surface area contributed by atoms with Crippen molar-refractivity contribution in [3.05, 3.63) is 77.8 Å². The Kier molecular flexibility index (Phi) is 7.45. The third kappa shape index (κ3) is 5.38. The summed E-state index contributed by atoms with van der Waals surface area (Å²) in [6, 6.07) is 22.6. The van der Waals surface area contributed by atoms with Gasteiger partial charge in [-0.2, -0.15) is 0 Å². The van der Waals surface area contributed by atoms with E-state index in [4.69, 9.17) is 26.1 Å². The molecule has 1 amide bonds. The van der Waals surface area contributed by atoms with Crippen LogP contribution in [0, 0.1) is 0 Å². The summed E-state index contributed by atoms with van der Waals surface area (Å²) < 4.78 is 10.6.